The van der Waals surface area contributed by atoms with Gasteiger partial charge in [0.15, 0.2) is 11.5 Å². The molecule has 1 aliphatic rings. The molecule has 1 aromatic heterocycles. The van der Waals surface area contributed by atoms with E-state index in [1.807, 2.05) is 39.0 Å². The molecule has 0 atom stereocenters. The Morgan fingerprint density at radius 2 is 1.57 bits per heavy atom. The maximum absolute atomic E-state index is 13.3. The summed E-state index contributed by atoms with van der Waals surface area (Å²) >= 11 is 0. The van der Waals surface area contributed by atoms with Gasteiger partial charge in [-0.15, -0.1) is 0 Å². The van der Waals surface area contributed by atoms with Crippen LogP contribution in [-0.2, 0) is 10.0 Å². The number of hydrogen-bond donors (Lipinski definition) is 0. The van der Waals surface area contributed by atoms with Crippen LogP contribution in [-0.4, -0.2) is 72.7 Å². The van der Waals surface area contributed by atoms with Gasteiger partial charge in [0.2, 0.25) is 10.0 Å². The third-order valence-electron chi connectivity index (χ3n) is 5.87. The normalized spacial score (nSPS) is 14.7. The summed E-state index contributed by atoms with van der Waals surface area (Å²) < 4.78 is 40.8. The van der Waals surface area contributed by atoms with Crippen LogP contribution in [0.25, 0.3) is 5.69 Å². The number of aryl methyl sites for hydroxylation is 1. The van der Waals surface area contributed by atoms with Crippen LogP contribution in [0.3, 0.4) is 0 Å². The summed E-state index contributed by atoms with van der Waals surface area (Å²) in [6.07, 6.45) is 1.73. The number of sulfonamides is 1. The second-order valence-corrected chi connectivity index (χ2v) is 10.0. The number of piperazine rings is 1. The average molecular weight is 499 g/mol. The SMILES string of the molecule is CCOc1ccc(S(=O)(=O)N2CCN(C(=O)c3ccc(-n4nccc4C)cc3)CC2)cc1OCC. The highest BCUT2D eigenvalue weighted by Gasteiger charge is 2.31. The molecule has 186 valence electrons. The van der Waals surface area contributed by atoms with E-state index in [0.29, 0.717) is 43.4 Å². The maximum Gasteiger partial charge on any atom is 0.253 e. The van der Waals surface area contributed by atoms with E-state index in [1.165, 1.54) is 16.4 Å². The number of carbonyl (C=O) groups excluding carboxylic acids is 1. The Kier molecular flexibility index (Phi) is 7.42. The molecule has 0 radical (unpaired) electrons. The van der Waals surface area contributed by atoms with Gasteiger partial charge in [-0.25, -0.2) is 13.1 Å². The molecule has 4 rings (SSSR count). The molecule has 2 heterocycles. The van der Waals surface area contributed by atoms with Crippen molar-refractivity contribution in [1.82, 2.24) is 19.0 Å². The number of carbonyl (C=O) groups is 1. The molecule has 0 N–H and O–H groups in total. The summed E-state index contributed by atoms with van der Waals surface area (Å²) in [6.45, 7) is 7.56. The predicted octanol–water partition coefficient (Wildman–Crippen LogP) is 3.12. The molecule has 1 amide bonds. The lowest BCUT2D eigenvalue weighted by atomic mass is 10.1. The van der Waals surface area contributed by atoms with E-state index in [1.54, 1.807) is 34.0 Å². The van der Waals surface area contributed by atoms with Crippen LogP contribution in [0.1, 0.15) is 29.9 Å². The van der Waals surface area contributed by atoms with Crippen molar-refractivity contribution in [3.8, 4) is 17.2 Å². The third-order valence-corrected chi connectivity index (χ3v) is 7.76. The lowest BCUT2D eigenvalue weighted by molar-refractivity contribution is 0.0698. The van der Waals surface area contributed by atoms with Crippen molar-refractivity contribution >= 4 is 15.9 Å². The Labute approximate surface area is 205 Å². The molecule has 0 aliphatic carbocycles. The first-order chi connectivity index (χ1) is 16.8. The van der Waals surface area contributed by atoms with E-state index in [-0.39, 0.29) is 23.9 Å². The topological polar surface area (TPSA) is 94.0 Å². The second kappa shape index (κ2) is 10.5. The molecule has 35 heavy (non-hydrogen) atoms. The smallest absolute Gasteiger partial charge is 0.253 e. The van der Waals surface area contributed by atoms with Crippen LogP contribution in [0, 0.1) is 6.92 Å². The van der Waals surface area contributed by atoms with Crippen molar-refractivity contribution in [3.63, 3.8) is 0 Å². The highest BCUT2D eigenvalue weighted by molar-refractivity contribution is 7.89. The summed E-state index contributed by atoms with van der Waals surface area (Å²) in [5, 5.41) is 4.28. The lowest BCUT2D eigenvalue weighted by Gasteiger charge is -2.34. The number of rotatable bonds is 8. The number of nitrogens with zero attached hydrogens (tertiary/aromatic N) is 4. The molecule has 3 aromatic rings. The number of hydrogen-bond acceptors (Lipinski definition) is 6. The molecule has 1 aliphatic heterocycles. The number of amides is 1. The van der Waals surface area contributed by atoms with Crippen LogP contribution < -0.4 is 9.47 Å². The number of benzene rings is 2. The minimum Gasteiger partial charge on any atom is -0.490 e. The quantitative estimate of drug-likeness (QED) is 0.474. The van der Waals surface area contributed by atoms with Crippen molar-refractivity contribution in [2.45, 2.75) is 25.7 Å². The molecule has 0 unspecified atom stereocenters. The summed E-state index contributed by atoms with van der Waals surface area (Å²) in [4.78, 5) is 14.8. The highest BCUT2D eigenvalue weighted by atomic mass is 32.2. The molecular formula is C25H30N4O5S. The first-order valence-corrected chi connectivity index (χ1v) is 13.1. The third kappa shape index (κ3) is 5.18. The zero-order valence-electron chi connectivity index (χ0n) is 20.2. The van der Waals surface area contributed by atoms with E-state index < -0.39 is 10.0 Å². The Morgan fingerprint density at radius 3 is 2.17 bits per heavy atom. The van der Waals surface area contributed by atoms with Crippen LogP contribution in [0.2, 0.25) is 0 Å². The minimum absolute atomic E-state index is 0.120. The fourth-order valence-corrected chi connectivity index (χ4v) is 5.48. The van der Waals surface area contributed by atoms with Gasteiger partial charge in [-0.05, 0) is 63.2 Å². The van der Waals surface area contributed by atoms with E-state index in [0.717, 1.165) is 11.4 Å². The van der Waals surface area contributed by atoms with Crippen molar-refractivity contribution in [2.75, 3.05) is 39.4 Å². The van der Waals surface area contributed by atoms with E-state index in [4.69, 9.17) is 9.47 Å². The highest BCUT2D eigenvalue weighted by Crippen LogP contribution is 2.31. The molecular weight excluding hydrogens is 468 g/mol. The standard InChI is InChI=1S/C25H30N4O5S/c1-4-33-23-11-10-22(18-24(23)34-5-2)35(31,32)28-16-14-27(15-17-28)25(30)20-6-8-21(9-7-20)29-19(3)12-13-26-29/h6-13,18H,4-5,14-17H2,1-3H3. The number of ether oxygens (including phenoxy) is 2. The maximum atomic E-state index is 13.3. The van der Waals surface area contributed by atoms with Gasteiger partial charge in [-0.2, -0.15) is 9.40 Å². The van der Waals surface area contributed by atoms with Gasteiger partial charge in [0, 0.05) is 49.7 Å². The minimum atomic E-state index is -3.73. The molecule has 1 saturated heterocycles. The molecule has 0 saturated carbocycles. The van der Waals surface area contributed by atoms with Gasteiger partial charge in [-0.1, -0.05) is 0 Å². The molecule has 9 nitrogen and oxygen atoms in total. The summed E-state index contributed by atoms with van der Waals surface area (Å²) in [5.74, 6) is 0.793. The summed E-state index contributed by atoms with van der Waals surface area (Å²) in [7, 11) is -3.73. The first-order valence-electron chi connectivity index (χ1n) is 11.6. The molecule has 10 heteroatoms. The average Bonchev–Trinajstić information content (AvgIpc) is 3.31. The van der Waals surface area contributed by atoms with Crippen LogP contribution >= 0.6 is 0 Å². The van der Waals surface area contributed by atoms with Gasteiger partial charge in [0.1, 0.15) is 0 Å². The molecule has 0 spiro atoms. The van der Waals surface area contributed by atoms with E-state index >= 15 is 0 Å². The van der Waals surface area contributed by atoms with Gasteiger partial charge in [0.05, 0.1) is 23.8 Å². The van der Waals surface area contributed by atoms with Gasteiger partial charge < -0.3 is 14.4 Å². The van der Waals surface area contributed by atoms with Gasteiger partial charge in [-0.3, -0.25) is 4.79 Å². The van der Waals surface area contributed by atoms with Crippen molar-refractivity contribution in [1.29, 1.82) is 0 Å². The van der Waals surface area contributed by atoms with Crippen molar-refractivity contribution in [2.24, 2.45) is 0 Å². The largest absolute Gasteiger partial charge is 0.490 e. The summed E-state index contributed by atoms with van der Waals surface area (Å²) in [6, 6.07) is 13.8. The predicted molar refractivity (Wildman–Crippen MR) is 132 cm³/mol. The van der Waals surface area contributed by atoms with Crippen LogP contribution in [0.15, 0.2) is 59.6 Å². The van der Waals surface area contributed by atoms with Gasteiger partial charge >= 0.3 is 0 Å². The zero-order valence-corrected chi connectivity index (χ0v) is 21.0. The van der Waals surface area contributed by atoms with Gasteiger partial charge in [0.25, 0.3) is 5.91 Å². The lowest BCUT2D eigenvalue weighted by Crippen LogP contribution is -2.50. The van der Waals surface area contributed by atoms with E-state index in [9.17, 15) is 13.2 Å². The van der Waals surface area contributed by atoms with Crippen LogP contribution in [0.5, 0.6) is 11.5 Å². The molecule has 0 bridgehead atoms. The molecule has 2 aromatic carbocycles. The Bertz CT molecular complexity index is 1280. The summed E-state index contributed by atoms with van der Waals surface area (Å²) in [5.41, 5.74) is 2.44. The van der Waals surface area contributed by atoms with Crippen LogP contribution in [0.4, 0.5) is 0 Å². The fourth-order valence-electron chi connectivity index (χ4n) is 4.04. The first kappa shape index (κ1) is 24.7. The van der Waals surface area contributed by atoms with Crippen molar-refractivity contribution < 1.29 is 22.7 Å². The second-order valence-electron chi connectivity index (χ2n) is 8.10. The fraction of sp³-hybridized carbons (Fsp3) is 0.360. The Hall–Kier alpha value is -3.37. The number of aromatic nitrogens is 2. The Morgan fingerprint density at radius 1 is 0.914 bits per heavy atom. The van der Waals surface area contributed by atoms with E-state index in [2.05, 4.69) is 5.10 Å². The zero-order chi connectivity index (χ0) is 25.0. The monoisotopic (exact) mass is 498 g/mol. The Balaban J connectivity index is 1.43. The molecule has 1 fully saturated rings. The van der Waals surface area contributed by atoms with Crippen molar-refractivity contribution in [3.05, 3.63) is 66.0 Å².